The van der Waals surface area contributed by atoms with Gasteiger partial charge in [0.05, 0.1) is 0 Å². The molecule has 5 nitrogen and oxygen atoms in total. The fourth-order valence-electron chi connectivity index (χ4n) is 1.70. The van der Waals surface area contributed by atoms with Crippen molar-refractivity contribution in [2.24, 2.45) is 0 Å². The minimum absolute atomic E-state index is 0.0324. The van der Waals surface area contributed by atoms with Gasteiger partial charge in [0.2, 0.25) is 11.7 Å². The first-order chi connectivity index (χ1) is 9.40. The summed E-state index contributed by atoms with van der Waals surface area (Å²) in [6, 6.07) is 8.55. The molecule has 1 rings (SSSR count). The van der Waals surface area contributed by atoms with Gasteiger partial charge in [-0.2, -0.15) is 0 Å². The Morgan fingerprint density at radius 1 is 1.05 bits per heavy atom. The number of hydrogen-bond donors (Lipinski definition) is 2. The molecule has 0 saturated carbocycles. The zero-order valence-electron chi connectivity index (χ0n) is 12.0. The van der Waals surface area contributed by atoms with Gasteiger partial charge in [-0.3, -0.25) is 14.4 Å². The van der Waals surface area contributed by atoms with E-state index in [1.807, 2.05) is 44.2 Å². The molecule has 2 N–H and O–H groups in total. The highest BCUT2D eigenvalue weighted by Gasteiger charge is 2.23. The summed E-state index contributed by atoms with van der Waals surface area (Å²) in [5, 5.41) is 5.21. The summed E-state index contributed by atoms with van der Waals surface area (Å²) in [5.74, 6) is -1.65. The van der Waals surface area contributed by atoms with E-state index >= 15 is 0 Å². The molecule has 0 heterocycles. The number of carbonyl (C=O) groups excluding carboxylic acids is 3. The minimum Gasteiger partial charge on any atom is -0.352 e. The van der Waals surface area contributed by atoms with E-state index in [4.69, 9.17) is 0 Å². The van der Waals surface area contributed by atoms with Crippen LogP contribution >= 0.6 is 0 Å². The van der Waals surface area contributed by atoms with Crippen LogP contribution in [0.15, 0.2) is 30.3 Å². The van der Waals surface area contributed by atoms with Crippen molar-refractivity contribution < 1.29 is 14.4 Å². The van der Waals surface area contributed by atoms with Gasteiger partial charge in [0.1, 0.15) is 6.04 Å². The predicted molar refractivity (Wildman–Crippen MR) is 76.0 cm³/mol. The molecule has 108 valence electrons. The van der Waals surface area contributed by atoms with Crippen LogP contribution in [-0.2, 0) is 20.8 Å². The van der Waals surface area contributed by atoms with Crippen molar-refractivity contribution >= 4 is 17.6 Å². The molecule has 0 radical (unpaired) electrons. The Labute approximate surface area is 118 Å². The van der Waals surface area contributed by atoms with Gasteiger partial charge in [-0.15, -0.1) is 0 Å². The molecule has 2 amide bonds. The highest BCUT2D eigenvalue weighted by atomic mass is 16.2. The van der Waals surface area contributed by atoms with Crippen LogP contribution in [0.5, 0.6) is 0 Å². The summed E-state index contributed by atoms with van der Waals surface area (Å²) in [6.45, 7) is 4.85. The average molecular weight is 276 g/mol. The van der Waals surface area contributed by atoms with Crippen molar-refractivity contribution in [3.8, 4) is 0 Å². The van der Waals surface area contributed by atoms with E-state index in [0.29, 0.717) is 6.42 Å². The molecule has 0 aliphatic rings. The summed E-state index contributed by atoms with van der Waals surface area (Å²) in [4.78, 5) is 34.6. The van der Waals surface area contributed by atoms with Crippen molar-refractivity contribution in [2.45, 2.75) is 39.3 Å². The third-order valence-electron chi connectivity index (χ3n) is 2.66. The molecule has 0 bridgehead atoms. The lowest BCUT2D eigenvalue weighted by molar-refractivity contribution is -0.138. The second-order valence-electron chi connectivity index (χ2n) is 4.94. The van der Waals surface area contributed by atoms with Gasteiger partial charge >= 0.3 is 0 Å². The maximum Gasteiger partial charge on any atom is 0.287 e. The monoisotopic (exact) mass is 276 g/mol. The van der Waals surface area contributed by atoms with Crippen molar-refractivity contribution in [3.63, 3.8) is 0 Å². The Hall–Kier alpha value is -2.17. The smallest absolute Gasteiger partial charge is 0.287 e. The van der Waals surface area contributed by atoms with Crippen LogP contribution in [0.25, 0.3) is 0 Å². The van der Waals surface area contributed by atoms with E-state index in [1.165, 1.54) is 6.92 Å². The molecular formula is C15H20N2O3. The first-order valence-electron chi connectivity index (χ1n) is 6.56. The molecule has 1 aromatic carbocycles. The standard InChI is InChI=1S/C15H20N2O3/c1-10(2)16-15(20)13(17-14(19)11(3)18)9-12-7-5-4-6-8-12/h4-8,10,13H,9H2,1-3H3,(H,16,20)(H,17,19)/t13-/m0/s1. The van der Waals surface area contributed by atoms with Crippen LogP contribution in [0.2, 0.25) is 0 Å². The van der Waals surface area contributed by atoms with Crippen LogP contribution in [0.1, 0.15) is 26.3 Å². The minimum atomic E-state index is -0.754. The van der Waals surface area contributed by atoms with Crippen molar-refractivity contribution in [1.29, 1.82) is 0 Å². The first kappa shape index (κ1) is 15.9. The Bertz CT molecular complexity index is 483. The van der Waals surface area contributed by atoms with Gasteiger partial charge in [0.15, 0.2) is 0 Å². The van der Waals surface area contributed by atoms with Crippen LogP contribution in [-0.4, -0.2) is 29.7 Å². The predicted octanol–water partition coefficient (Wildman–Crippen LogP) is 0.827. The van der Waals surface area contributed by atoms with Gasteiger partial charge in [-0.05, 0) is 19.4 Å². The molecule has 5 heteroatoms. The Kier molecular flexibility index (Phi) is 5.90. The molecule has 1 aromatic rings. The number of Topliss-reactive ketones (excluding diaryl/α,β-unsaturated/α-hetero) is 1. The van der Waals surface area contributed by atoms with Crippen molar-refractivity contribution in [1.82, 2.24) is 10.6 Å². The second-order valence-corrected chi connectivity index (χ2v) is 4.94. The molecule has 0 aliphatic carbocycles. The average Bonchev–Trinajstić information content (AvgIpc) is 2.38. The van der Waals surface area contributed by atoms with Crippen LogP contribution < -0.4 is 10.6 Å². The van der Waals surface area contributed by atoms with Gasteiger partial charge in [0.25, 0.3) is 5.91 Å². The number of hydrogen-bond acceptors (Lipinski definition) is 3. The van der Waals surface area contributed by atoms with Crippen LogP contribution in [0.3, 0.4) is 0 Å². The largest absolute Gasteiger partial charge is 0.352 e. The number of rotatable bonds is 6. The summed E-state index contributed by atoms with van der Waals surface area (Å²) in [5.41, 5.74) is 0.917. The SMILES string of the molecule is CC(=O)C(=O)N[C@@H](Cc1ccccc1)C(=O)NC(C)C. The molecule has 0 aliphatic heterocycles. The molecule has 0 spiro atoms. The number of benzene rings is 1. The van der Waals surface area contributed by atoms with E-state index in [2.05, 4.69) is 10.6 Å². The second kappa shape index (κ2) is 7.43. The summed E-state index contributed by atoms with van der Waals surface area (Å²) in [6.07, 6.45) is 0.346. The van der Waals surface area contributed by atoms with Gasteiger partial charge in [0, 0.05) is 19.4 Å². The number of ketones is 1. The fraction of sp³-hybridized carbons (Fsp3) is 0.400. The molecule has 20 heavy (non-hydrogen) atoms. The zero-order chi connectivity index (χ0) is 15.1. The molecule has 1 atom stereocenters. The lowest BCUT2D eigenvalue weighted by Gasteiger charge is -2.19. The Morgan fingerprint density at radius 2 is 1.65 bits per heavy atom. The van der Waals surface area contributed by atoms with Crippen molar-refractivity contribution in [2.75, 3.05) is 0 Å². The fourth-order valence-corrected chi connectivity index (χ4v) is 1.70. The maximum atomic E-state index is 12.1. The van der Waals surface area contributed by atoms with Gasteiger partial charge in [-0.1, -0.05) is 30.3 Å². The molecule has 0 saturated heterocycles. The number of nitrogens with one attached hydrogen (secondary N) is 2. The van der Waals surface area contributed by atoms with Crippen LogP contribution in [0, 0.1) is 0 Å². The lowest BCUT2D eigenvalue weighted by Crippen LogP contribution is -2.51. The van der Waals surface area contributed by atoms with Crippen molar-refractivity contribution in [3.05, 3.63) is 35.9 Å². The quantitative estimate of drug-likeness (QED) is 0.756. The third kappa shape index (κ3) is 5.22. The third-order valence-corrected chi connectivity index (χ3v) is 2.66. The van der Waals surface area contributed by atoms with E-state index in [0.717, 1.165) is 5.56 Å². The Morgan fingerprint density at radius 3 is 2.15 bits per heavy atom. The van der Waals surface area contributed by atoms with E-state index < -0.39 is 17.7 Å². The molecule has 0 aromatic heterocycles. The van der Waals surface area contributed by atoms with E-state index in [-0.39, 0.29) is 11.9 Å². The maximum absolute atomic E-state index is 12.1. The topological polar surface area (TPSA) is 75.3 Å². The lowest BCUT2D eigenvalue weighted by atomic mass is 10.0. The van der Waals surface area contributed by atoms with E-state index in [9.17, 15) is 14.4 Å². The molecular weight excluding hydrogens is 256 g/mol. The first-order valence-corrected chi connectivity index (χ1v) is 6.56. The summed E-state index contributed by atoms with van der Waals surface area (Å²) in [7, 11) is 0. The van der Waals surface area contributed by atoms with Crippen LogP contribution in [0.4, 0.5) is 0 Å². The Balaban J connectivity index is 2.81. The number of amides is 2. The van der Waals surface area contributed by atoms with Gasteiger partial charge < -0.3 is 10.6 Å². The van der Waals surface area contributed by atoms with E-state index in [1.54, 1.807) is 0 Å². The molecule has 0 unspecified atom stereocenters. The number of carbonyl (C=O) groups is 3. The van der Waals surface area contributed by atoms with Gasteiger partial charge in [-0.25, -0.2) is 0 Å². The zero-order valence-corrected chi connectivity index (χ0v) is 12.0. The normalized spacial score (nSPS) is 11.8. The molecule has 0 fully saturated rings. The summed E-state index contributed by atoms with van der Waals surface area (Å²) < 4.78 is 0. The highest BCUT2D eigenvalue weighted by molar-refractivity contribution is 6.35. The highest BCUT2D eigenvalue weighted by Crippen LogP contribution is 2.04. The summed E-state index contributed by atoms with van der Waals surface area (Å²) >= 11 is 0.